The van der Waals surface area contributed by atoms with Crippen molar-refractivity contribution in [3.05, 3.63) is 78.1 Å². The van der Waals surface area contributed by atoms with Gasteiger partial charge in [0.15, 0.2) is 0 Å². The van der Waals surface area contributed by atoms with Gasteiger partial charge in [-0.05, 0) is 48.0 Å². The average Bonchev–Trinajstić information content (AvgIpc) is 3.22. The number of hydrogen-bond donors (Lipinski definition) is 1. The van der Waals surface area contributed by atoms with Crippen LogP contribution in [0.2, 0.25) is 0 Å². The molecule has 0 bridgehead atoms. The minimum Gasteiger partial charge on any atom is -0.491 e. The van der Waals surface area contributed by atoms with Gasteiger partial charge in [-0.15, -0.1) is 0 Å². The number of benzene rings is 2. The van der Waals surface area contributed by atoms with Crippen LogP contribution in [0.15, 0.2) is 67.0 Å². The number of ether oxygens (including phenoxy) is 2. The van der Waals surface area contributed by atoms with Crippen molar-refractivity contribution in [1.82, 2.24) is 15.1 Å². The van der Waals surface area contributed by atoms with Crippen molar-refractivity contribution in [3.8, 4) is 11.4 Å². The first-order valence-electron chi connectivity index (χ1n) is 8.35. The van der Waals surface area contributed by atoms with Crippen molar-refractivity contribution < 1.29 is 14.3 Å². The fourth-order valence-corrected chi connectivity index (χ4v) is 2.46. The van der Waals surface area contributed by atoms with Gasteiger partial charge < -0.3 is 14.8 Å². The van der Waals surface area contributed by atoms with Gasteiger partial charge in [0.2, 0.25) is 0 Å². The number of carbonyl (C=O) groups is 1. The van der Waals surface area contributed by atoms with Crippen LogP contribution in [0.25, 0.3) is 5.69 Å². The first-order valence-corrected chi connectivity index (χ1v) is 8.35. The SMILES string of the molecule is COCCOc1cccc(CNC(=O)c2ccc(-n3cccn3)cc2)c1. The molecule has 0 unspecified atom stereocenters. The number of nitrogens with zero attached hydrogens (tertiary/aromatic N) is 2. The van der Waals surface area contributed by atoms with E-state index in [2.05, 4.69) is 10.4 Å². The molecule has 134 valence electrons. The fraction of sp³-hybridized carbons (Fsp3) is 0.200. The molecule has 0 aliphatic heterocycles. The van der Waals surface area contributed by atoms with Crippen LogP contribution in [0.4, 0.5) is 0 Å². The summed E-state index contributed by atoms with van der Waals surface area (Å²) >= 11 is 0. The van der Waals surface area contributed by atoms with Crippen molar-refractivity contribution >= 4 is 5.91 Å². The molecule has 0 spiro atoms. The Morgan fingerprint density at radius 2 is 1.96 bits per heavy atom. The van der Waals surface area contributed by atoms with E-state index in [1.165, 1.54) is 0 Å². The monoisotopic (exact) mass is 351 g/mol. The van der Waals surface area contributed by atoms with Crippen LogP contribution in [0.1, 0.15) is 15.9 Å². The van der Waals surface area contributed by atoms with E-state index in [1.54, 1.807) is 30.1 Å². The number of amides is 1. The lowest BCUT2D eigenvalue weighted by Gasteiger charge is -2.09. The van der Waals surface area contributed by atoms with Gasteiger partial charge in [0.05, 0.1) is 12.3 Å². The fourth-order valence-electron chi connectivity index (χ4n) is 2.46. The van der Waals surface area contributed by atoms with Gasteiger partial charge in [-0.1, -0.05) is 12.1 Å². The standard InChI is InChI=1S/C20H21N3O3/c1-25-12-13-26-19-5-2-4-16(14-19)15-21-20(24)17-6-8-18(9-7-17)23-11-3-10-22-23/h2-11,14H,12-13,15H2,1H3,(H,21,24). The number of aromatic nitrogens is 2. The molecule has 2 aromatic carbocycles. The zero-order valence-corrected chi connectivity index (χ0v) is 14.6. The Labute approximate surface area is 152 Å². The van der Waals surface area contributed by atoms with Gasteiger partial charge in [-0.3, -0.25) is 4.79 Å². The highest BCUT2D eigenvalue weighted by atomic mass is 16.5. The Hall–Kier alpha value is -3.12. The molecule has 0 aliphatic carbocycles. The zero-order chi connectivity index (χ0) is 18.2. The van der Waals surface area contributed by atoms with Gasteiger partial charge in [0.1, 0.15) is 12.4 Å². The van der Waals surface area contributed by atoms with Crippen LogP contribution in [0, 0.1) is 0 Å². The molecule has 1 amide bonds. The summed E-state index contributed by atoms with van der Waals surface area (Å²) in [5, 5.41) is 7.09. The third-order valence-electron chi connectivity index (χ3n) is 3.81. The summed E-state index contributed by atoms with van der Waals surface area (Å²) in [6, 6.07) is 16.8. The third kappa shape index (κ3) is 4.70. The highest BCUT2D eigenvalue weighted by Gasteiger charge is 2.06. The Balaban J connectivity index is 1.56. The molecule has 0 saturated carbocycles. The Morgan fingerprint density at radius 1 is 1.12 bits per heavy atom. The van der Waals surface area contributed by atoms with Crippen molar-refractivity contribution in [3.63, 3.8) is 0 Å². The van der Waals surface area contributed by atoms with Gasteiger partial charge >= 0.3 is 0 Å². The van der Waals surface area contributed by atoms with Crippen molar-refractivity contribution in [2.45, 2.75) is 6.54 Å². The van der Waals surface area contributed by atoms with Crippen LogP contribution in [-0.2, 0) is 11.3 Å². The lowest BCUT2D eigenvalue weighted by molar-refractivity contribution is 0.0951. The quantitative estimate of drug-likeness (QED) is 0.634. The second kappa shape index (κ2) is 8.82. The summed E-state index contributed by atoms with van der Waals surface area (Å²) in [6.45, 7) is 1.46. The maximum absolute atomic E-state index is 12.3. The molecule has 0 radical (unpaired) electrons. The highest BCUT2D eigenvalue weighted by Crippen LogP contribution is 2.14. The molecule has 6 heteroatoms. The maximum Gasteiger partial charge on any atom is 0.251 e. The summed E-state index contributed by atoms with van der Waals surface area (Å²) in [4.78, 5) is 12.3. The molecular formula is C20H21N3O3. The minimum atomic E-state index is -0.122. The van der Waals surface area contributed by atoms with E-state index >= 15 is 0 Å². The summed E-state index contributed by atoms with van der Waals surface area (Å²) < 4.78 is 12.3. The molecule has 0 atom stereocenters. The summed E-state index contributed by atoms with van der Waals surface area (Å²) in [5.74, 6) is 0.639. The van der Waals surface area contributed by atoms with Crippen LogP contribution in [0.5, 0.6) is 5.75 Å². The van der Waals surface area contributed by atoms with Crippen LogP contribution < -0.4 is 10.1 Å². The first kappa shape index (κ1) is 17.7. The van der Waals surface area contributed by atoms with Crippen molar-refractivity contribution in [1.29, 1.82) is 0 Å². The van der Waals surface area contributed by atoms with Gasteiger partial charge in [0, 0.05) is 31.6 Å². The predicted octanol–water partition coefficient (Wildman–Crippen LogP) is 2.83. The summed E-state index contributed by atoms with van der Waals surface area (Å²) in [6.07, 6.45) is 3.57. The van der Waals surface area contributed by atoms with E-state index in [-0.39, 0.29) is 5.91 Å². The summed E-state index contributed by atoms with van der Waals surface area (Å²) in [7, 11) is 1.64. The van der Waals surface area contributed by atoms with Crippen molar-refractivity contribution in [2.24, 2.45) is 0 Å². The third-order valence-corrected chi connectivity index (χ3v) is 3.81. The van der Waals surface area contributed by atoms with Gasteiger partial charge in [-0.25, -0.2) is 4.68 Å². The minimum absolute atomic E-state index is 0.122. The largest absolute Gasteiger partial charge is 0.491 e. The topological polar surface area (TPSA) is 65.4 Å². The Morgan fingerprint density at radius 3 is 2.69 bits per heavy atom. The first-order chi connectivity index (χ1) is 12.8. The second-order valence-corrected chi connectivity index (χ2v) is 5.67. The lowest BCUT2D eigenvalue weighted by atomic mass is 10.1. The number of methoxy groups -OCH3 is 1. The molecule has 3 rings (SSSR count). The van der Waals surface area contributed by atoms with Crippen molar-refractivity contribution in [2.75, 3.05) is 20.3 Å². The molecular weight excluding hydrogens is 330 g/mol. The maximum atomic E-state index is 12.3. The lowest BCUT2D eigenvalue weighted by Crippen LogP contribution is -2.22. The van der Waals surface area contributed by atoms with E-state index in [1.807, 2.05) is 48.7 Å². The molecule has 3 aromatic rings. The molecule has 0 fully saturated rings. The van der Waals surface area contributed by atoms with Gasteiger partial charge in [-0.2, -0.15) is 5.10 Å². The predicted molar refractivity (Wildman–Crippen MR) is 98.5 cm³/mol. The molecule has 0 aliphatic rings. The number of carbonyl (C=O) groups excluding carboxylic acids is 1. The van der Waals surface area contributed by atoms with Crippen LogP contribution in [-0.4, -0.2) is 36.0 Å². The average molecular weight is 351 g/mol. The second-order valence-electron chi connectivity index (χ2n) is 5.67. The molecule has 0 saturated heterocycles. The van der Waals surface area contributed by atoms with E-state index in [9.17, 15) is 4.79 Å². The van der Waals surface area contributed by atoms with E-state index in [0.29, 0.717) is 25.3 Å². The van der Waals surface area contributed by atoms with Crippen LogP contribution >= 0.6 is 0 Å². The van der Waals surface area contributed by atoms with E-state index in [4.69, 9.17) is 9.47 Å². The number of nitrogens with one attached hydrogen (secondary N) is 1. The molecule has 1 aromatic heterocycles. The molecule has 6 nitrogen and oxygen atoms in total. The highest BCUT2D eigenvalue weighted by molar-refractivity contribution is 5.94. The normalized spacial score (nSPS) is 10.5. The zero-order valence-electron chi connectivity index (χ0n) is 14.6. The van der Waals surface area contributed by atoms with Crippen LogP contribution in [0.3, 0.4) is 0 Å². The Kier molecular flexibility index (Phi) is 6.01. The van der Waals surface area contributed by atoms with Gasteiger partial charge in [0.25, 0.3) is 5.91 Å². The molecule has 1 heterocycles. The number of hydrogen-bond acceptors (Lipinski definition) is 4. The van der Waals surface area contributed by atoms with E-state index in [0.717, 1.165) is 17.0 Å². The Bertz CT molecular complexity index is 830. The summed E-state index contributed by atoms with van der Waals surface area (Å²) in [5.41, 5.74) is 2.49. The van der Waals surface area contributed by atoms with E-state index < -0.39 is 0 Å². The molecule has 26 heavy (non-hydrogen) atoms. The number of rotatable bonds is 8. The smallest absolute Gasteiger partial charge is 0.251 e. The molecule has 1 N–H and O–H groups in total.